The topological polar surface area (TPSA) is 61.0 Å². The molecule has 0 amide bonds. The van der Waals surface area contributed by atoms with Crippen LogP contribution in [-0.2, 0) is 16.7 Å². The van der Waals surface area contributed by atoms with Gasteiger partial charge in [0, 0.05) is 30.6 Å². The van der Waals surface area contributed by atoms with Crippen LogP contribution in [-0.4, -0.2) is 28.6 Å². The van der Waals surface area contributed by atoms with Gasteiger partial charge < -0.3 is 14.2 Å². The van der Waals surface area contributed by atoms with Crippen molar-refractivity contribution in [2.45, 2.75) is 13.0 Å². The fourth-order valence-electron chi connectivity index (χ4n) is 2.68. The first kappa shape index (κ1) is 18.4. The Kier molecular flexibility index (Phi) is 5.99. The summed E-state index contributed by atoms with van der Waals surface area (Å²) in [4.78, 5) is 15.0. The van der Waals surface area contributed by atoms with Gasteiger partial charge in [-0.05, 0) is 12.5 Å². The summed E-state index contributed by atoms with van der Waals surface area (Å²) in [5.41, 5.74) is 3.41. The van der Waals surface area contributed by atoms with Gasteiger partial charge in [0.15, 0.2) is 11.5 Å². The number of hydrogen-bond acceptors (Lipinski definition) is 5. The van der Waals surface area contributed by atoms with Crippen LogP contribution >= 0.6 is 0 Å². The van der Waals surface area contributed by atoms with Crippen LogP contribution in [0.1, 0.15) is 35.5 Å². The van der Waals surface area contributed by atoms with Gasteiger partial charge in [-0.3, -0.25) is 0 Å². The first-order valence-corrected chi connectivity index (χ1v) is 8.63. The molecule has 0 N–H and O–H groups in total. The van der Waals surface area contributed by atoms with E-state index >= 15 is 0 Å². The maximum atomic E-state index is 5.62. The van der Waals surface area contributed by atoms with E-state index < -0.39 is 0 Å². The average Bonchev–Trinajstić information content (AvgIpc) is 3.13. The smallest absolute Gasteiger partial charge is 0.162 e. The van der Waals surface area contributed by atoms with E-state index in [4.69, 9.17) is 9.68 Å². The molecule has 0 bridgehead atoms. The fraction of sp³-hybridized carbons (Fsp3) is 0.190. The van der Waals surface area contributed by atoms with Crippen LogP contribution in [0.5, 0.6) is 0 Å². The van der Waals surface area contributed by atoms with E-state index in [1.165, 1.54) is 7.11 Å². The van der Waals surface area contributed by atoms with E-state index in [-0.39, 0.29) is 6.10 Å². The molecule has 0 saturated carbocycles. The number of nitrogens with zero attached hydrogens (tertiary/aromatic N) is 4. The van der Waals surface area contributed by atoms with E-state index in [0.717, 1.165) is 16.7 Å². The van der Waals surface area contributed by atoms with Crippen molar-refractivity contribution in [3.8, 4) is 0 Å². The molecule has 1 heterocycles. The second-order valence-electron chi connectivity index (χ2n) is 5.96. The van der Waals surface area contributed by atoms with Gasteiger partial charge in [-0.25, -0.2) is 4.98 Å². The highest BCUT2D eigenvalue weighted by Gasteiger charge is 2.16. The molecule has 1 unspecified atom stereocenters. The molecule has 1 atom stereocenters. The normalized spacial score (nSPS) is 12.9. The number of oxime groups is 2. The number of rotatable bonds is 7. The molecule has 1 aromatic heterocycles. The lowest BCUT2D eigenvalue weighted by molar-refractivity contribution is 0.0736. The summed E-state index contributed by atoms with van der Waals surface area (Å²) in [7, 11) is 3.43. The maximum absolute atomic E-state index is 5.62. The molecule has 0 saturated heterocycles. The van der Waals surface area contributed by atoms with Crippen LogP contribution in [0, 0.1) is 0 Å². The van der Waals surface area contributed by atoms with Crippen molar-refractivity contribution in [2.75, 3.05) is 7.11 Å². The first-order chi connectivity index (χ1) is 13.2. The second kappa shape index (κ2) is 8.80. The molecule has 27 heavy (non-hydrogen) atoms. The highest BCUT2D eigenvalue weighted by atomic mass is 16.6. The summed E-state index contributed by atoms with van der Waals surface area (Å²) < 4.78 is 1.89. The lowest BCUT2D eigenvalue weighted by Crippen LogP contribution is -2.13. The Hall–Kier alpha value is -3.41. The molecule has 0 aliphatic rings. The van der Waals surface area contributed by atoms with Crippen molar-refractivity contribution in [1.29, 1.82) is 0 Å². The zero-order chi connectivity index (χ0) is 19.1. The van der Waals surface area contributed by atoms with Crippen molar-refractivity contribution in [2.24, 2.45) is 17.4 Å². The molecule has 0 spiro atoms. The summed E-state index contributed by atoms with van der Waals surface area (Å²) in [6.45, 7) is 1.96. The van der Waals surface area contributed by atoms with Crippen LogP contribution in [0.4, 0.5) is 0 Å². The van der Waals surface area contributed by atoms with E-state index in [1.54, 1.807) is 12.4 Å². The quantitative estimate of drug-likeness (QED) is 0.473. The fourth-order valence-corrected chi connectivity index (χ4v) is 2.68. The minimum absolute atomic E-state index is 0.142. The van der Waals surface area contributed by atoms with E-state index in [0.29, 0.717) is 11.5 Å². The molecule has 6 nitrogen and oxygen atoms in total. The Labute approximate surface area is 158 Å². The summed E-state index contributed by atoms with van der Waals surface area (Å²) in [5.74, 6) is 0.705. The van der Waals surface area contributed by atoms with Crippen LogP contribution < -0.4 is 0 Å². The number of aryl methyl sites for hydroxylation is 1. The lowest BCUT2D eigenvalue weighted by Gasteiger charge is -2.11. The highest BCUT2D eigenvalue weighted by Crippen LogP contribution is 2.17. The first-order valence-electron chi connectivity index (χ1n) is 8.63. The highest BCUT2D eigenvalue weighted by molar-refractivity contribution is 6.14. The average molecular weight is 362 g/mol. The van der Waals surface area contributed by atoms with Crippen LogP contribution in [0.15, 0.2) is 77.3 Å². The molecule has 138 valence electrons. The third-order valence-electron chi connectivity index (χ3n) is 4.11. The molecule has 3 aromatic rings. The van der Waals surface area contributed by atoms with Crippen LogP contribution in [0.3, 0.4) is 0 Å². The Morgan fingerprint density at radius 1 is 1.11 bits per heavy atom. The third kappa shape index (κ3) is 4.41. The molecule has 0 radical (unpaired) electrons. The number of hydrogen-bond donors (Lipinski definition) is 0. The summed E-state index contributed by atoms with van der Waals surface area (Å²) in [6.07, 6.45) is 5.13. The molecule has 0 fully saturated rings. The van der Waals surface area contributed by atoms with Gasteiger partial charge in [-0.15, -0.1) is 0 Å². The van der Waals surface area contributed by atoms with Gasteiger partial charge in [-0.2, -0.15) is 0 Å². The molecule has 3 rings (SSSR count). The van der Waals surface area contributed by atoms with Gasteiger partial charge in [0.2, 0.25) is 0 Å². The zero-order valence-corrected chi connectivity index (χ0v) is 15.6. The predicted molar refractivity (Wildman–Crippen MR) is 106 cm³/mol. The maximum Gasteiger partial charge on any atom is 0.162 e. The van der Waals surface area contributed by atoms with E-state index in [2.05, 4.69) is 15.3 Å². The van der Waals surface area contributed by atoms with Crippen LogP contribution in [0.25, 0.3) is 0 Å². The lowest BCUT2D eigenvalue weighted by atomic mass is 10.0. The number of imidazole rings is 1. The van der Waals surface area contributed by atoms with E-state index in [9.17, 15) is 0 Å². The molecular weight excluding hydrogens is 340 g/mol. The Morgan fingerprint density at radius 2 is 1.85 bits per heavy atom. The SMILES string of the molecule is CO/N=C(\c1ccccc1/C=N/OC(C)c1ccccc1)c1nccn1C. The minimum Gasteiger partial charge on any atom is -0.399 e. The summed E-state index contributed by atoms with van der Waals surface area (Å²) >= 11 is 0. The van der Waals surface area contributed by atoms with Crippen molar-refractivity contribution in [3.63, 3.8) is 0 Å². The Morgan fingerprint density at radius 3 is 2.56 bits per heavy atom. The molecule has 6 heteroatoms. The molecule has 0 aliphatic carbocycles. The number of aromatic nitrogens is 2. The van der Waals surface area contributed by atoms with Crippen molar-refractivity contribution in [1.82, 2.24) is 9.55 Å². The minimum atomic E-state index is -0.142. The Balaban J connectivity index is 1.85. The van der Waals surface area contributed by atoms with Crippen LogP contribution in [0.2, 0.25) is 0 Å². The molecule has 0 aliphatic heterocycles. The standard InChI is InChI=1S/C21H22N4O2/c1-16(17-9-5-4-6-10-17)27-23-15-18-11-7-8-12-19(18)20(24-26-3)21-22-13-14-25(21)2/h4-16H,1-3H3/b23-15+,24-20+. The predicted octanol–water partition coefficient (Wildman–Crippen LogP) is 3.93. The van der Waals surface area contributed by atoms with Gasteiger partial charge >= 0.3 is 0 Å². The van der Waals surface area contributed by atoms with Gasteiger partial charge in [0.05, 0.1) is 6.21 Å². The van der Waals surface area contributed by atoms with Gasteiger partial charge in [0.25, 0.3) is 0 Å². The monoisotopic (exact) mass is 362 g/mol. The molecular formula is C21H22N4O2. The second-order valence-corrected chi connectivity index (χ2v) is 5.96. The van der Waals surface area contributed by atoms with Crippen molar-refractivity contribution >= 4 is 11.9 Å². The number of benzene rings is 2. The summed E-state index contributed by atoms with van der Waals surface area (Å²) in [6, 6.07) is 17.7. The van der Waals surface area contributed by atoms with Gasteiger partial charge in [-0.1, -0.05) is 64.9 Å². The van der Waals surface area contributed by atoms with Gasteiger partial charge in [0.1, 0.15) is 13.2 Å². The largest absolute Gasteiger partial charge is 0.399 e. The molecule has 2 aromatic carbocycles. The van der Waals surface area contributed by atoms with Crippen molar-refractivity contribution in [3.05, 3.63) is 89.5 Å². The zero-order valence-electron chi connectivity index (χ0n) is 15.6. The Bertz CT molecular complexity index is 932. The van der Waals surface area contributed by atoms with E-state index in [1.807, 2.05) is 79.3 Å². The summed E-state index contributed by atoms with van der Waals surface area (Å²) in [5, 5.41) is 8.36. The van der Waals surface area contributed by atoms with Crippen molar-refractivity contribution < 1.29 is 9.68 Å². The third-order valence-corrected chi connectivity index (χ3v) is 4.11.